The molecule has 0 fully saturated rings. The average Bonchev–Trinajstić information content (AvgIpc) is 2.55. The Balaban J connectivity index is 2.25. The van der Waals surface area contributed by atoms with Gasteiger partial charge < -0.3 is 10.5 Å². The highest BCUT2D eigenvalue weighted by molar-refractivity contribution is 6.02. The summed E-state index contributed by atoms with van der Waals surface area (Å²) in [5.41, 5.74) is 8.56. The van der Waals surface area contributed by atoms with Gasteiger partial charge in [0.15, 0.2) is 0 Å². The van der Waals surface area contributed by atoms with Crippen molar-refractivity contribution < 1.29 is 4.74 Å². The summed E-state index contributed by atoms with van der Waals surface area (Å²) in [4.78, 5) is 4.39. The molecule has 0 unspecified atom stereocenters. The van der Waals surface area contributed by atoms with Gasteiger partial charge in [-0.15, -0.1) is 0 Å². The molecule has 17 heavy (non-hydrogen) atoms. The third-order valence-corrected chi connectivity index (χ3v) is 2.51. The Kier molecular flexibility index (Phi) is 3.60. The summed E-state index contributed by atoms with van der Waals surface area (Å²) in [6.07, 6.45) is 6.25. The molecule has 1 heterocycles. The van der Waals surface area contributed by atoms with Crippen LogP contribution in [0.2, 0.25) is 0 Å². The first-order chi connectivity index (χ1) is 8.29. The van der Waals surface area contributed by atoms with Crippen LogP contribution in [0.15, 0.2) is 53.3 Å². The van der Waals surface area contributed by atoms with Crippen molar-refractivity contribution in [1.82, 2.24) is 0 Å². The highest BCUT2D eigenvalue weighted by Crippen LogP contribution is 2.16. The van der Waals surface area contributed by atoms with Crippen LogP contribution >= 0.6 is 0 Å². The van der Waals surface area contributed by atoms with E-state index in [9.17, 15) is 0 Å². The zero-order valence-electron chi connectivity index (χ0n) is 9.89. The van der Waals surface area contributed by atoms with Crippen molar-refractivity contribution in [2.75, 3.05) is 6.61 Å². The number of nitrogens with zero attached hydrogens (tertiary/aromatic N) is 1. The van der Waals surface area contributed by atoms with Gasteiger partial charge in [0.25, 0.3) is 0 Å². The van der Waals surface area contributed by atoms with Crippen LogP contribution < -0.4 is 10.5 Å². The number of ether oxygens (including phenoxy) is 1. The Labute approximate surface area is 101 Å². The molecule has 1 aromatic rings. The molecule has 3 nitrogen and oxygen atoms in total. The Hall–Kier alpha value is -2.03. The topological polar surface area (TPSA) is 47.6 Å². The van der Waals surface area contributed by atoms with Gasteiger partial charge in [-0.25, -0.2) is 0 Å². The minimum atomic E-state index is 0.669. The SMILES string of the molecule is CCOc1cccc(C2=NC=CC(N)=CC2)c1. The number of aliphatic imine (C=N–C) groups is 1. The summed E-state index contributed by atoms with van der Waals surface area (Å²) in [6, 6.07) is 7.96. The third kappa shape index (κ3) is 2.97. The number of hydrogen-bond acceptors (Lipinski definition) is 3. The Bertz CT molecular complexity index is 484. The highest BCUT2D eigenvalue weighted by Gasteiger charge is 2.05. The maximum absolute atomic E-state index is 5.73. The smallest absolute Gasteiger partial charge is 0.119 e. The molecule has 0 saturated heterocycles. The molecule has 1 aromatic carbocycles. The summed E-state index contributed by atoms with van der Waals surface area (Å²) >= 11 is 0. The van der Waals surface area contributed by atoms with Crippen molar-refractivity contribution >= 4 is 5.71 Å². The summed E-state index contributed by atoms with van der Waals surface area (Å²) in [5, 5.41) is 0. The lowest BCUT2D eigenvalue weighted by Gasteiger charge is -2.06. The number of nitrogens with two attached hydrogens (primary N) is 1. The number of hydrogen-bond donors (Lipinski definition) is 1. The first kappa shape index (κ1) is 11.5. The number of allylic oxidation sites excluding steroid dienone is 2. The van der Waals surface area contributed by atoms with Gasteiger partial charge in [-0.2, -0.15) is 0 Å². The maximum atomic E-state index is 5.73. The molecule has 3 heteroatoms. The second-order valence-corrected chi connectivity index (χ2v) is 3.76. The predicted molar refractivity (Wildman–Crippen MR) is 70.2 cm³/mol. The van der Waals surface area contributed by atoms with Gasteiger partial charge in [-0.1, -0.05) is 18.2 Å². The molecule has 0 radical (unpaired) electrons. The quantitative estimate of drug-likeness (QED) is 0.864. The van der Waals surface area contributed by atoms with Crippen LogP contribution in [0.1, 0.15) is 18.9 Å². The molecule has 0 amide bonds. The molecule has 1 aliphatic rings. The molecule has 0 aromatic heterocycles. The van der Waals surface area contributed by atoms with E-state index in [0.29, 0.717) is 6.61 Å². The van der Waals surface area contributed by atoms with Crippen molar-refractivity contribution in [2.24, 2.45) is 10.7 Å². The minimum absolute atomic E-state index is 0.669. The van der Waals surface area contributed by atoms with E-state index >= 15 is 0 Å². The fourth-order valence-electron chi connectivity index (χ4n) is 1.67. The van der Waals surface area contributed by atoms with Crippen molar-refractivity contribution in [1.29, 1.82) is 0 Å². The standard InChI is InChI=1S/C14H16N2O/c1-2-17-13-5-3-4-11(10-13)14-7-6-12(15)8-9-16-14/h3-6,8-10H,2,7,15H2,1H3. The summed E-state index contributed by atoms with van der Waals surface area (Å²) < 4.78 is 5.48. The first-order valence-electron chi connectivity index (χ1n) is 5.71. The predicted octanol–water partition coefficient (Wildman–Crippen LogP) is 2.63. The van der Waals surface area contributed by atoms with Crippen molar-refractivity contribution in [3.8, 4) is 5.75 Å². The van der Waals surface area contributed by atoms with Crippen LogP contribution in [0, 0.1) is 0 Å². The van der Waals surface area contributed by atoms with Gasteiger partial charge in [0.1, 0.15) is 5.75 Å². The van der Waals surface area contributed by atoms with Crippen LogP contribution in [0.4, 0.5) is 0 Å². The fourth-order valence-corrected chi connectivity index (χ4v) is 1.67. The van der Waals surface area contributed by atoms with Gasteiger partial charge in [-0.05, 0) is 30.7 Å². The minimum Gasteiger partial charge on any atom is -0.494 e. The second kappa shape index (κ2) is 5.34. The Morgan fingerprint density at radius 3 is 3.12 bits per heavy atom. The van der Waals surface area contributed by atoms with Gasteiger partial charge in [0.05, 0.1) is 12.3 Å². The van der Waals surface area contributed by atoms with Crippen LogP contribution in [0.5, 0.6) is 5.75 Å². The normalized spacial score (nSPS) is 14.9. The van der Waals surface area contributed by atoms with E-state index in [-0.39, 0.29) is 0 Å². The van der Waals surface area contributed by atoms with Gasteiger partial charge in [0.2, 0.25) is 0 Å². The maximum Gasteiger partial charge on any atom is 0.119 e. The molecule has 0 bridgehead atoms. The number of benzene rings is 1. The zero-order chi connectivity index (χ0) is 12.1. The van der Waals surface area contributed by atoms with Crippen LogP contribution in [-0.2, 0) is 0 Å². The van der Waals surface area contributed by atoms with Crippen LogP contribution in [0.3, 0.4) is 0 Å². The fraction of sp³-hybridized carbons (Fsp3) is 0.214. The zero-order valence-corrected chi connectivity index (χ0v) is 9.89. The summed E-state index contributed by atoms with van der Waals surface area (Å²) in [6.45, 7) is 2.64. The molecule has 2 rings (SSSR count). The van der Waals surface area contributed by atoms with Crippen molar-refractivity contribution in [3.63, 3.8) is 0 Å². The largest absolute Gasteiger partial charge is 0.494 e. The second-order valence-electron chi connectivity index (χ2n) is 3.76. The van der Waals surface area contributed by atoms with E-state index in [4.69, 9.17) is 10.5 Å². The van der Waals surface area contributed by atoms with Crippen LogP contribution in [0.25, 0.3) is 0 Å². The van der Waals surface area contributed by atoms with Crippen molar-refractivity contribution in [3.05, 3.63) is 53.9 Å². The number of rotatable bonds is 3. The monoisotopic (exact) mass is 228 g/mol. The van der Waals surface area contributed by atoms with Gasteiger partial charge in [-0.3, -0.25) is 4.99 Å². The molecule has 88 valence electrons. The van der Waals surface area contributed by atoms with E-state index in [1.807, 2.05) is 37.3 Å². The first-order valence-corrected chi connectivity index (χ1v) is 5.71. The molecule has 0 spiro atoms. The van der Waals surface area contributed by atoms with E-state index in [2.05, 4.69) is 4.99 Å². The molecule has 1 aliphatic heterocycles. The van der Waals surface area contributed by atoms with Crippen LogP contribution in [-0.4, -0.2) is 12.3 Å². The molecular formula is C14H16N2O. The summed E-state index contributed by atoms with van der Waals surface area (Å²) in [5.74, 6) is 0.873. The third-order valence-electron chi connectivity index (χ3n) is 2.51. The molecule has 0 saturated carbocycles. The van der Waals surface area contributed by atoms with E-state index in [0.717, 1.165) is 29.1 Å². The lowest BCUT2D eigenvalue weighted by Crippen LogP contribution is -2.01. The molecular weight excluding hydrogens is 212 g/mol. The Morgan fingerprint density at radius 1 is 1.41 bits per heavy atom. The van der Waals surface area contributed by atoms with Gasteiger partial charge >= 0.3 is 0 Å². The lowest BCUT2D eigenvalue weighted by atomic mass is 10.1. The van der Waals surface area contributed by atoms with Crippen molar-refractivity contribution in [2.45, 2.75) is 13.3 Å². The summed E-state index contributed by atoms with van der Waals surface area (Å²) in [7, 11) is 0. The highest BCUT2D eigenvalue weighted by atomic mass is 16.5. The lowest BCUT2D eigenvalue weighted by molar-refractivity contribution is 0.340. The average molecular weight is 228 g/mol. The van der Waals surface area contributed by atoms with E-state index in [1.165, 1.54) is 0 Å². The molecule has 0 aliphatic carbocycles. The molecule has 2 N–H and O–H groups in total. The van der Waals surface area contributed by atoms with E-state index in [1.54, 1.807) is 12.3 Å². The Morgan fingerprint density at radius 2 is 2.29 bits per heavy atom. The van der Waals surface area contributed by atoms with Gasteiger partial charge in [0, 0.05) is 18.3 Å². The molecule has 0 atom stereocenters. The van der Waals surface area contributed by atoms with E-state index < -0.39 is 0 Å².